The number of carbonyl (C=O) groups excluding carboxylic acids is 2. The van der Waals surface area contributed by atoms with E-state index in [2.05, 4.69) is 21.2 Å². The van der Waals surface area contributed by atoms with E-state index >= 15 is 0 Å². The van der Waals surface area contributed by atoms with Gasteiger partial charge in [0.05, 0.1) is 12.7 Å². The van der Waals surface area contributed by atoms with Gasteiger partial charge in [0.25, 0.3) is 0 Å². The first-order valence-corrected chi connectivity index (χ1v) is 10.4. The van der Waals surface area contributed by atoms with E-state index in [-0.39, 0.29) is 30.1 Å². The Morgan fingerprint density at radius 1 is 1.12 bits per heavy atom. The van der Waals surface area contributed by atoms with Crippen LogP contribution < -0.4 is 10.1 Å². The van der Waals surface area contributed by atoms with Gasteiger partial charge in [0.1, 0.15) is 5.75 Å². The number of nitrogens with one attached hydrogen (secondary N) is 1. The van der Waals surface area contributed by atoms with Crippen molar-refractivity contribution < 1.29 is 14.3 Å². The summed E-state index contributed by atoms with van der Waals surface area (Å²) in [4.78, 5) is 25.1. The third-order valence-corrected chi connectivity index (χ3v) is 6.98. The van der Waals surface area contributed by atoms with E-state index in [1.807, 2.05) is 6.07 Å². The summed E-state index contributed by atoms with van der Waals surface area (Å²) in [7, 11) is 1.56. The first-order valence-electron chi connectivity index (χ1n) is 9.64. The molecular weight excluding hydrogens is 394 g/mol. The predicted molar refractivity (Wildman–Crippen MR) is 103 cm³/mol. The number of hydrogen-bond acceptors (Lipinski definition) is 3. The average Bonchev–Trinajstić information content (AvgIpc) is 2.58. The number of amides is 1. The van der Waals surface area contributed by atoms with Crippen molar-refractivity contribution in [2.75, 3.05) is 7.11 Å². The number of rotatable bonds is 6. The van der Waals surface area contributed by atoms with Crippen LogP contribution in [-0.4, -0.2) is 24.3 Å². The van der Waals surface area contributed by atoms with Gasteiger partial charge in [-0.15, -0.1) is 0 Å². The Balaban J connectivity index is 1.36. The molecule has 4 aliphatic rings. The maximum atomic E-state index is 12.6. The average molecular weight is 420 g/mol. The lowest BCUT2D eigenvalue weighted by Gasteiger charge is -2.56. The molecule has 140 valence electrons. The zero-order valence-corrected chi connectivity index (χ0v) is 16.8. The minimum atomic E-state index is -0.0520. The van der Waals surface area contributed by atoms with Crippen LogP contribution in [-0.2, 0) is 4.79 Å². The Labute approximate surface area is 163 Å². The molecule has 0 heterocycles. The molecule has 0 aromatic heterocycles. The van der Waals surface area contributed by atoms with E-state index in [0.717, 1.165) is 41.5 Å². The van der Waals surface area contributed by atoms with E-state index in [1.54, 1.807) is 19.2 Å². The van der Waals surface area contributed by atoms with Crippen LogP contribution in [0.4, 0.5) is 0 Å². The van der Waals surface area contributed by atoms with Crippen LogP contribution >= 0.6 is 15.9 Å². The molecule has 0 radical (unpaired) electrons. The molecule has 0 saturated heterocycles. The van der Waals surface area contributed by atoms with Gasteiger partial charge < -0.3 is 10.1 Å². The maximum Gasteiger partial charge on any atom is 0.220 e. The standard InChI is InChI=1S/C21H26BrNO3/c1-26-19-4-2-16(22)9-17(19)18(24)3-5-20(25)23-21-10-13-6-14(11-21)8-15(7-13)12-21/h2,4,9,13-15H,3,5-8,10-12H2,1H3,(H,23,25). The molecule has 1 aromatic carbocycles. The highest BCUT2D eigenvalue weighted by molar-refractivity contribution is 9.10. The molecule has 4 aliphatic carbocycles. The van der Waals surface area contributed by atoms with E-state index in [9.17, 15) is 9.59 Å². The minimum absolute atomic E-state index is 0.0162. The summed E-state index contributed by atoms with van der Waals surface area (Å²) in [6, 6.07) is 5.38. The van der Waals surface area contributed by atoms with Crippen molar-refractivity contribution in [1.29, 1.82) is 0 Å². The van der Waals surface area contributed by atoms with Crippen molar-refractivity contribution in [3.8, 4) is 5.75 Å². The molecular formula is C21H26BrNO3. The Kier molecular flexibility index (Phi) is 4.84. The first-order chi connectivity index (χ1) is 12.5. The SMILES string of the molecule is COc1ccc(Br)cc1C(=O)CCC(=O)NC12CC3CC(CC(C3)C1)C2. The molecule has 0 atom stereocenters. The lowest BCUT2D eigenvalue weighted by atomic mass is 9.53. The topological polar surface area (TPSA) is 55.4 Å². The van der Waals surface area contributed by atoms with Gasteiger partial charge in [-0.3, -0.25) is 9.59 Å². The van der Waals surface area contributed by atoms with Crippen molar-refractivity contribution in [2.24, 2.45) is 17.8 Å². The van der Waals surface area contributed by atoms with Gasteiger partial charge in [-0.1, -0.05) is 15.9 Å². The number of methoxy groups -OCH3 is 1. The van der Waals surface area contributed by atoms with Gasteiger partial charge in [-0.25, -0.2) is 0 Å². The van der Waals surface area contributed by atoms with Crippen molar-refractivity contribution >= 4 is 27.6 Å². The third kappa shape index (κ3) is 3.55. The largest absolute Gasteiger partial charge is 0.496 e. The highest BCUT2D eigenvalue weighted by atomic mass is 79.9. The van der Waals surface area contributed by atoms with Crippen molar-refractivity contribution in [3.05, 3.63) is 28.2 Å². The fourth-order valence-electron chi connectivity index (χ4n) is 5.88. The van der Waals surface area contributed by atoms with Crippen molar-refractivity contribution in [2.45, 2.75) is 56.9 Å². The quantitative estimate of drug-likeness (QED) is 0.690. The summed E-state index contributed by atoms with van der Waals surface area (Å²) >= 11 is 3.39. The van der Waals surface area contributed by atoms with E-state index in [1.165, 1.54) is 19.3 Å². The summed E-state index contributed by atoms with van der Waals surface area (Å²) in [6.07, 6.45) is 7.94. The van der Waals surface area contributed by atoms with Gasteiger partial charge in [0, 0.05) is 22.9 Å². The minimum Gasteiger partial charge on any atom is -0.496 e. The molecule has 5 heteroatoms. The van der Waals surface area contributed by atoms with E-state index in [4.69, 9.17) is 4.74 Å². The lowest BCUT2D eigenvalue weighted by molar-refractivity contribution is -0.126. The second-order valence-electron chi connectivity index (χ2n) is 8.51. The van der Waals surface area contributed by atoms with E-state index < -0.39 is 0 Å². The van der Waals surface area contributed by atoms with Crippen molar-refractivity contribution in [1.82, 2.24) is 5.32 Å². The second-order valence-corrected chi connectivity index (χ2v) is 9.43. The van der Waals surface area contributed by atoms with E-state index in [0.29, 0.717) is 11.3 Å². The number of Topliss-reactive ketones (excluding diaryl/α,β-unsaturated/α-hetero) is 1. The maximum absolute atomic E-state index is 12.6. The summed E-state index contributed by atoms with van der Waals surface area (Å²) in [5.41, 5.74) is 0.548. The number of benzene rings is 1. The van der Waals surface area contributed by atoms with Crippen LogP contribution in [0, 0.1) is 17.8 Å². The summed E-state index contributed by atoms with van der Waals surface area (Å²) < 4.78 is 6.11. The van der Waals surface area contributed by atoms with Crippen LogP contribution in [0.15, 0.2) is 22.7 Å². The smallest absolute Gasteiger partial charge is 0.220 e. The van der Waals surface area contributed by atoms with Gasteiger partial charge in [0.15, 0.2) is 5.78 Å². The number of halogens is 1. The Bertz CT molecular complexity index is 695. The molecule has 0 unspecified atom stereocenters. The molecule has 4 saturated carbocycles. The highest BCUT2D eigenvalue weighted by Gasteiger charge is 2.51. The number of ketones is 1. The molecule has 5 rings (SSSR count). The molecule has 4 nitrogen and oxygen atoms in total. The summed E-state index contributed by atoms with van der Waals surface area (Å²) in [5, 5.41) is 3.34. The lowest BCUT2D eigenvalue weighted by Crippen LogP contribution is -2.59. The molecule has 0 spiro atoms. The Morgan fingerprint density at radius 2 is 1.73 bits per heavy atom. The van der Waals surface area contributed by atoms with Crippen LogP contribution in [0.2, 0.25) is 0 Å². The molecule has 4 bridgehead atoms. The van der Waals surface area contributed by atoms with Crippen molar-refractivity contribution in [3.63, 3.8) is 0 Å². The van der Waals surface area contributed by atoms with Crippen LogP contribution in [0.1, 0.15) is 61.7 Å². The number of ether oxygens (including phenoxy) is 1. The molecule has 0 aliphatic heterocycles. The normalized spacial score (nSPS) is 31.7. The number of carbonyl (C=O) groups is 2. The molecule has 1 N–H and O–H groups in total. The van der Waals surface area contributed by atoms with Crippen LogP contribution in [0.5, 0.6) is 5.75 Å². The fraction of sp³-hybridized carbons (Fsp3) is 0.619. The van der Waals surface area contributed by atoms with Gasteiger partial charge >= 0.3 is 0 Å². The predicted octanol–water partition coefficient (Wildman–Crippen LogP) is 4.51. The van der Waals surface area contributed by atoms with Gasteiger partial charge in [0.2, 0.25) is 5.91 Å². The molecule has 1 amide bonds. The van der Waals surface area contributed by atoms with Gasteiger partial charge in [-0.2, -0.15) is 0 Å². The highest BCUT2D eigenvalue weighted by Crippen LogP contribution is 2.55. The zero-order chi connectivity index (χ0) is 18.3. The first kappa shape index (κ1) is 18.0. The molecule has 4 fully saturated rings. The molecule has 26 heavy (non-hydrogen) atoms. The van der Waals surface area contributed by atoms with Gasteiger partial charge in [-0.05, 0) is 74.5 Å². The third-order valence-electron chi connectivity index (χ3n) is 6.48. The summed E-state index contributed by atoms with van der Waals surface area (Å²) in [5.74, 6) is 2.93. The van der Waals surface area contributed by atoms with Crippen LogP contribution in [0.3, 0.4) is 0 Å². The number of hydrogen-bond donors (Lipinski definition) is 1. The zero-order valence-electron chi connectivity index (χ0n) is 15.2. The fourth-order valence-corrected chi connectivity index (χ4v) is 6.24. The monoisotopic (exact) mass is 419 g/mol. The Morgan fingerprint density at radius 3 is 2.31 bits per heavy atom. The summed E-state index contributed by atoms with van der Waals surface area (Å²) in [6.45, 7) is 0. The Hall–Kier alpha value is -1.36. The second kappa shape index (κ2) is 6.99. The van der Waals surface area contributed by atoms with Crippen LogP contribution in [0.25, 0.3) is 0 Å². The molecule has 1 aromatic rings.